The smallest absolute Gasteiger partial charge is 0.403 e. The van der Waals surface area contributed by atoms with Gasteiger partial charge in [0.2, 0.25) is 26.0 Å². The number of rotatable bonds is 29. The number of carboxylic acids is 2. The Morgan fingerprint density at radius 2 is 0.910 bits per heavy atom. The van der Waals surface area contributed by atoms with Crippen molar-refractivity contribution in [3.05, 3.63) is 215 Å². The average molecular weight is 1760 g/mol. The van der Waals surface area contributed by atoms with Crippen molar-refractivity contribution in [2.24, 2.45) is 11.1 Å². The van der Waals surface area contributed by atoms with Crippen LogP contribution in [-0.2, 0) is 112 Å². The number of primary sulfonamides is 1. The zero-order valence-electron chi connectivity index (χ0n) is 69.8. The van der Waals surface area contributed by atoms with Gasteiger partial charge in [-0.25, -0.2) is 31.6 Å². The van der Waals surface area contributed by atoms with Crippen molar-refractivity contribution in [3.63, 3.8) is 0 Å². The van der Waals surface area contributed by atoms with Crippen LogP contribution in [0.1, 0.15) is 164 Å². The number of aromatic hydroxyl groups is 1. The maximum atomic E-state index is 12.4. The summed E-state index contributed by atoms with van der Waals surface area (Å²) in [5, 5.41) is 31.5. The van der Waals surface area contributed by atoms with Gasteiger partial charge in [0.05, 0.1) is 129 Å². The van der Waals surface area contributed by atoms with Gasteiger partial charge in [-0.15, -0.1) is 0 Å². The Kier molecular flexibility index (Phi) is 53.3. The number of Topliss-reactive ketones (excluding diaryl/α,β-unsaturated/α-hetero) is 2. The van der Waals surface area contributed by atoms with E-state index in [4.69, 9.17) is 61.1 Å². The Morgan fingerprint density at radius 3 is 1.30 bits per heavy atom. The first-order valence-electron chi connectivity index (χ1n) is 37.3. The van der Waals surface area contributed by atoms with Crippen LogP contribution in [0, 0.1) is 12.8 Å². The number of carbonyl (C=O) groups excluding carboxylic acids is 10. The van der Waals surface area contributed by atoms with E-state index in [1.807, 2.05) is 36.4 Å². The van der Waals surface area contributed by atoms with Crippen LogP contribution in [-0.4, -0.2) is 191 Å². The molecule has 4 unspecified atom stereocenters. The van der Waals surface area contributed by atoms with Crippen LogP contribution < -0.4 is 21.2 Å². The van der Waals surface area contributed by atoms with Gasteiger partial charge in [-0.3, -0.25) is 86.8 Å². The molecule has 7 aromatic heterocycles. The molecule has 0 bridgehead atoms. The summed E-state index contributed by atoms with van der Waals surface area (Å²) in [5.74, 6) is -10.7. The minimum Gasteiger partial charge on any atom is -0.506 e. The van der Waals surface area contributed by atoms with Crippen LogP contribution in [0.4, 0.5) is 16.2 Å². The van der Waals surface area contributed by atoms with E-state index in [-0.39, 0.29) is 96.4 Å². The molecule has 1 aromatic carbocycles. The van der Waals surface area contributed by atoms with Gasteiger partial charge in [0.1, 0.15) is 23.5 Å². The summed E-state index contributed by atoms with van der Waals surface area (Å²) >= 11 is 4.72. The SMILES string of the molecule is CC(C(=O)O)c1ccccn1.CCOC(=O)C(C(=O)OCC)C(=O)C(C)c1ccccn1.CCOC(=O)C(C)c1ccccn1.CCOC(=O)CC(=O)C(C)c1ccccn1.CCOC(=O)CC(=O)O.CCOC(=O)Cc1ccccn1.CCOC(=O)Cl.CCOC(=O)c1c(O)c(C)c2ccccn2c1=O.CS(=O)(=O)Nc1ccc(N)c(S(N)(=O)=O)c1. The Balaban J connectivity index is 0.00000137. The summed E-state index contributed by atoms with van der Waals surface area (Å²) in [6.45, 7) is 23.9. The molecular formula is C82H104ClN9O28S2. The van der Waals surface area contributed by atoms with E-state index in [1.54, 1.807) is 200 Å². The number of carbonyl (C=O) groups is 12. The molecule has 0 saturated heterocycles. The lowest BCUT2D eigenvalue weighted by atomic mass is 9.91. The predicted molar refractivity (Wildman–Crippen MR) is 446 cm³/mol. The molecule has 0 aliphatic rings. The number of anilines is 2. The first-order valence-corrected chi connectivity index (χ1v) is 41.1. The molecule has 8 N–H and O–H groups in total. The Bertz CT molecular complexity index is 4910. The van der Waals surface area contributed by atoms with Gasteiger partial charge in [0.25, 0.3) is 5.56 Å². The fraction of sp³-hybridized carbons (Fsp3) is 0.366. The number of hydrogen-bond donors (Lipinski definition) is 6. The number of aryl methyl sites for hydroxylation is 1. The molecule has 0 amide bonds. The highest BCUT2D eigenvalue weighted by Crippen LogP contribution is 2.26. The molecule has 664 valence electrons. The normalized spacial score (nSPS) is 11.1. The van der Waals surface area contributed by atoms with Crippen molar-refractivity contribution >= 4 is 119 Å². The predicted octanol–water partition coefficient (Wildman–Crippen LogP) is 9.59. The molecular weight excluding hydrogens is 1660 g/mol. The first-order chi connectivity index (χ1) is 57.6. The third-order valence-electron chi connectivity index (χ3n) is 15.0. The number of pyridine rings is 7. The molecule has 0 aliphatic carbocycles. The number of esters is 7. The number of fused-ring (bicyclic) bond motifs is 1. The van der Waals surface area contributed by atoms with Crippen molar-refractivity contribution in [1.82, 2.24) is 29.3 Å². The topological polar surface area (TPSA) is 558 Å². The van der Waals surface area contributed by atoms with Gasteiger partial charge in [0, 0.05) is 60.0 Å². The Morgan fingerprint density at radius 1 is 0.500 bits per heavy atom. The number of nitrogens with two attached hydrogens (primary N) is 2. The molecule has 4 atom stereocenters. The summed E-state index contributed by atoms with van der Waals surface area (Å²) in [6, 6.07) is 35.5. The third-order valence-corrected chi connectivity index (χ3v) is 16.7. The van der Waals surface area contributed by atoms with Gasteiger partial charge in [-0.1, -0.05) is 36.4 Å². The molecule has 40 heteroatoms. The molecule has 37 nitrogen and oxygen atoms in total. The fourth-order valence-corrected chi connectivity index (χ4v) is 10.5. The first kappa shape index (κ1) is 109. The van der Waals surface area contributed by atoms with Crippen LogP contribution in [0.5, 0.6) is 5.75 Å². The van der Waals surface area contributed by atoms with E-state index in [2.05, 4.69) is 39.1 Å². The number of ether oxygens (including phenoxy) is 8. The standard InChI is InChI=1S/C15H19NO5.C13H13NO4.C12H15NO3.C10H13NO2.C9H11NO2.C8H9NO2.C7H11N3O4S2.C5H8O4.C3H5ClO2/c1-4-20-14(18)12(15(19)21-5-2)13(17)10(3)11-8-6-7-9-16-11;1-3-18-13(17)10-11(15)8(2)9-6-4-5-7-14(9)12(10)16;1-3-16-12(15)8-11(14)9(2)10-6-4-5-7-13-10;1-3-13-10(12)8(2)9-6-4-5-7-11-9;1-2-12-9(11)7-8-5-3-4-6-10-8;1-6(8(10)11)7-4-2-3-5-9-7;1-15(11,12)10-5-2-3-6(8)7(4-5)16(9,13)14;1-2-9-5(8)3-4(6)7;1-2-6-3(4)5/h6-10,12H,4-5H2,1-3H3;4-7,15H,3H2,1-2H3;4-7,9H,3,8H2,1-2H3;4-8H,3H2,1-2H3;3-6H,2,7H2,1H3;2-6H,1H3,(H,10,11);2-4,10H,8H2,1H3,(H2,9,13,14);2-3H2,1H3,(H,6,7);2H2,1H3. The van der Waals surface area contributed by atoms with Crippen LogP contribution >= 0.6 is 11.6 Å². The summed E-state index contributed by atoms with van der Waals surface area (Å²) in [7, 11) is -7.45. The van der Waals surface area contributed by atoms with E-state index in [0.717, 1.165) is 23.7 Å². The fourth-order valence-electron chi connectivity index (χ4n) is 9.10. The second-order valence-electron chi connectivity index (χ2n) is 24.1. The number of aliphatic carboxylic acids is 2. The molecule has 8 aromatic rings. The summed E-state index contributed by atoms with van der Waals surface area (Å²) in [4.78, 5) is 165. The number of ketones is 2. The van der Waals surface area contributed by atoms with Crippen molar-refractivity contribution in [3.8, 4) is 5.75 Å². The molecule has 0 radical (unpaired) electrons. The number of halogens is 1. The second kappa shape index (κ2) is 59.6. The van der Waals surface area contributed by atoms with Crippen LogP contribution in [0.15, 0.2) is 174 Å². The lowest BCUT2D eigenvalue weighted by molar-refractivity contribution is -0.165. The Hall–Kier alpha value is -13.0. The molecule has 7 heterocycles. The summed E-state index contributed by atoms with van der Waals surface area (Å²) in [6.07, 6.45) is 10.1. The summed E-state index contributed by atoms with van der Waals surface area (Å²) in [5.41, 5.74) is 8.10. The highest BCUT2D eigenvalue weighted by molar-refractivity contribution is 7.92. The maximum absolute atomic E-state index is 12.4. The lowest BCUT2D eigenvalue weighted by Crippen LogP contribution is -2.37. The van der Waals surface area contributed by atoms with Crippen molar-refractivity contribution in [2.45, 2.75) is 138 Å². The Labute approximate surface area is 711 Å². The largest absolute Gasteiger partial charge is 0.506 e. The summed E-state index contributed by atoms with van der Waals surface area (Å²) < 4.78 is 84.7. The third kappa shape index (κ3) is 43.6. The van der Waals surface area contributed by atoms with Gasteiger partial charge < -0.3 is 58.9 Å². The van der Waals surface area contributed by atoms with Gasteiger partial charge >= 0.3 is 59.2 Å². The number of nitrogens with one attached hydrogen (secondary N) is 1. The van der Waals surface area contributed by atoms with Crippen molar-refractivity contribution in [2.75, 3.05) is 69.6 Å². The highest BCUT2D eigenvalue weighted by atomic mass is 35.5. The highest BCUT2D eigenvalue weighted by Gasteiger charge is 2.40. The van der Waals surface area contributed by atoms with Crippen LogP contribution in [0.3, 0.4) is 0 Å². The second-order valence-corrected chi connectivity index (χ2v) is 27.7. The maximum Gasteiger partial charge on any atom is 0.403 e. The molecule has 0 saturated carbocycles. The van der Waals surface area contributed by atoms with E-state index < -0.39 is 103 Å². The number of nitrogen functional groups attached to an aromatic ring is 1. The van der Waals surface area contributed by atoms with Gasteiger partial charge in [0.15, 0.2) is 17.1 Å². The minimum atomic E-state index is -3.97. The lowest BCUT2D eigenvalue weighted by Gasteiger charge is -2.17. The van der Waals surface area contributed by atoms with E-state index in [0.29, 0.717) is 54.6 Å². The van der Waals surface area contributed by atoms with E-state index in [9.17, 15) is 84.3 Å². The number of hydrogen-bond acceptors (Lipinski definition) is 32. The average Bonchev–Trinajstić information content (AvgIpc) is 0.770. The van der Waals surface area contributed by atoms with Gasteiger partial charge in [-0.05, 0) is 181 Å². The minimum absolute atomic E-state index is 0.0402. The molecule has 0 aliphatic heterocycles. The number of benzene rings is 1. The number of sulfonamides is 2. The molecule has 122 heavy (non-hydrogen) atoms. The number of carboxylic acid groups (broad SMARTS) is 2. The monoisotopic (exact) mass is 1760 g/mol. The molecule has 0 fully saturated rings. The zero-order chi connectivity index (χ0) is 92.7. The van der Waals surface area contributed by atoms with Crippen molar-refractivity contribution < 1.29 is 128 Å². The van der Waals surface area contributed by atoms with Gasteiger partial charge in [-0.2, -0.15) is 0 Å². The van der Waals surface area contributed by atoms with Crippen LogP contribution in [0.25, 0.3) is 5.52 Å². The zero-order valence-corrected chi connectivity index (χ0v) is 72.2. The number of aromatic nitrogens is 6. The molecule has 0 spiro atoms. The molecule has 8 rings (SSSR count). The quantitative estimate of drug-likeness (QED) is 0.00834. The van der Waals surface area contributed by atoms with E-state index >= 15 is 0 Å². The van der Waals surface area contributed by atoms with E-state index in [1.165, 1.54) is 16.5 Å². The number of nitrogens with zero attached hydrogens (tertiary/aromatic N) is 6. The van der Waals surface area contributed by atoms with Crippen molar-refractivity contribution in [1.29, 1.82) is 0 Å². The van der Waals surface area contributed by atoms with Crippen LogP contribution in [0.2, 0.25) is 0 Å².